The van der Waals surface area contributed by atoms with Crippen LogP contribution in [0, 0.1) is 5.92 Å². The third-order valence-electron chi connectivity index (χ3n) is 3.44. The number of nitrogens with zero attached hydrogens (tertiary/aromatic N) is 1. The third kappa shape index (κ3) is 2.92. The number of methoxy groups -OCH3 is 1. The minimum absolute atomic E-state index is 0.0529. The lowest BCUT2D eigenvalue weighted by Crippen LogP contribution is -2.51. The molecule has 1 aromatic rings. The lowest BCUT2D eigenvalue weighted by atomic mass is 10.1. The van der Waals surface area contributed by atoms with Gasteiger partial charge in [0, 0.05) is 38.1 Å². The van der Waals surface area contributed by atoms with Crippen molar-refractivity contribution in [2.24, 2.45) is 5.92 Å². The molecule has 0 saturated carbocycles. The fraction of sp³-hybridized carbons (Fsp3) is 0.500. The van der Waals surface area contributed by atoms with Crippen molar-refractivity contribution < 1.29 is 17.9 Å². The molecular weight excluding hydrogens is 278 g/mol. The van der Waals surface area contributed by atoms with Crippen LogP contribution < -0.4 is 0 Å². The maximum absolute atomic E-state index is 12.4. The molecule has 2 rings (SSSR count). The Morgan fingerprint density at radius 1 is 1.40 bits per heavy atom. The lowest BCUT2D eigenvalue weighted by Gasteiger charge is -2.37. The smallest absolute Gasteiger partial charge is 0.243 e. The van der Waals surface area contributed by atoms with Crippen LogP contribution in [0.2, 0.25) is 0 Å². The third-order valence-corrected chi connectivity index (χ3v) is 5.27. The first kappa shape index (κ1) is 15.2. The summed E-state index contributed by atoms with van der Waals surface area (Å²) in [6.45, 7) is 3.28. The Morgan fingerprint density at radius 3 is 2.70 bits per heavy atom. The average molecular weight is 297 g/mol. The van der Waals surface area contributed by atoms with Gasteiger partial charge in [0.25, 0.3) is 0 Å². The molecule has 0 N–H and O–H groups in total. The molecule has 0 atom stereocenters. The van der Waals surface area contributed by atoms with Crippen molar-refractivity contribution in [2.45, 2.75) is 18.2 Å². The van der Waals surface area contributed by atoms with Gasteiger partial charge in [-0.15, -0.1) is 0 Å². The Kier molecular flexibility index (Phi) is 4.57. The van der Waals surface area contributed by atoms with Gasteiger partial charge in [0.05, 0.1) is 11.5 Å². The summed E-state index contributed by atoms with van der Waals surface area (Å²) in [5.41, 5.74) is 0.447. The van der Waals surface area contributed by atoms with Crippen LogP contribution in [0.1, 0.15) is 23.7 Å². The molecule has 0 amide bonds. The van der Waals surface area contributed by atoms with Crippen molar-refractivity contribution in [3.8, 4) is 0 Å². The predicted octanol–water partition coefficient (Wildman–Crippen LogP) is 1.55. The van der Waals surface area contributed by atoms with Gasteiger partial charge in [0.15, 0.2) is 5.78 Å². The molecule has 110 valence electrons. The van der Waals surface area contributed by atoms with E-state index in [9.17, 15) is 13.2 Å². The first-order chi connectivity index (χ1) is 9.48. The van der Waals surface area contributed by atoms with Crippen LogP contribution in [-0.2, 0) is 14.8 Å². The highest BCUT2D eigenvalue weighted by Gasteiger charge is 2.36. The van der Waals surface area contributed by atoms with E-state index in [4.69, 9.17) is 4.74 Å². The Bertz CT molecular complexity index is 591. The molecule has 1 aliphatic heterocycles. The highest BCUT2D eigenvalue weighted by Crippen LogP contribution is 2.25. The fourth-order valence-electron chi connectivity index (χ4n) is 2.24. The molecule has 0 aliphatic carbocycles. The largest absolute Gasteiger partial charge is 0.384 e. The lowest BCUT2D eigenvalue weighted by molar-refractivity contribution is 0.0822. The fourth-order valence-corrected chi connectivity index (χ4v) is 3.88. The number of hydrogen-bond acceptors (Lipinski definition) is 4. The maximum Gasteiger partial charge on any atom is 0.243 e. The van der Waals surface area contributed by atoms with E-state index in [1.165, 1.54) is 16.4 Å². The first-order valence-electron chi connectivity index (χ1n) is 6.61. The van der Waals surface area contributed by atoms with E-state index < -0.39 is 10.0 Å². The zero-order valence-corrected chi connectivity index (χ0v) is 12.5. The van der Waals surface area contributed by atoms with Gasteiger partial charge in [-0.25, -0.2) is 8.42 Å². The van der Waals surface area contributed by atoms with Crippen molar-refractivity contribution in [3.63, 3.8) is 0 Å². The Balaban J connectivity index is 2.17. The molecule has 5 nitrogen and oxygen atoms in total. The summed E-state index contributed by atoms with van der Waals surface area (Å²) < 4.78 is 31.2. The normalized spacial score (nSPS) is 16.9. The second kappa shape index (κ2) is 6.03. The van der Waals surface area contributed by atoms with E-state index in [0.717, 1.165) is 0 Å². The maximum atomic E-state index is 12.4. The molecule has 1 heterocycles. The summed E-state index contributed by atoms with van der Waals surface area (Å²) in [6.07, 6.45) is 0.364. The van der Waals surface area contributed by atoms with Crippen LogP contribution in [-0.4, -0.2) is 45.3 Å². The molecule has 0 bridgehead atoms. The van der Waals surface area contributed by atoms with Crippen LogP contribution in [0.3, 0.4) is 0 Å². The van der Waals surface area contributed by atoms with Crippen LogP contribution in [0.4, 0.5) is 0 Å². The van der Waals surface area contributed by atoms with Crippen molar-refractivity contribution >= 4 is 15.8 Å². The standard InChI is InChI=1S/C14H19NO4S/c1-3-14(16)12-5-4-6-13(7-12)20(17,18)15-8-11(9-15)10-19-2/h4-7,11H,3,8-10H2,1-2H3. The molecule has 1 saturated heterocycles. The quantitative estimate of drug-likeness (QED) is 0.747. The van der Waals surface area contributed by atoms with Gasteiger partial charge in [-0.1, -0.05) is 19.1 Å². The number of Topliss-reactive ketones (excluding diaryl/α,β-unsaturated/α-hetero) is 1. The minimum Gasteiger partial charge on any atom is -0.384 e. The molecular formula is C14H19NO4S. The van der Waals surface area contributed by atoms with Crippen molar-refractivity contribution in [3.05, 3.63) is 29.8 Å². The Hall–Kier alpha value is -1.24. The minimum atomic E-state index is -3.49. The van der Waals surface area contributed by atoms with Gasteiger partial charge in [-0.3, -0.25) is 4.79 Å². The average Bonchev–Trinajstić information content (AvgIpc) is 2.41. The molecule has 20 heavy (non-hydrogen) atoms. The molecule has 0 radical (unpaired) electrons. The number of carbonyl (C=O) groups is 1. The van der Waals surface area contributed by atoms with E-state index >= 15 is 0 Å². The van der Waals surface area contributed by atoms with E-state index in [2.05, 4.69) is 0 Å². The van der Waals surface area contributed by atoms with E-state index in [0.29, 0.717) is 31.7 Å². The van der Waals surface area contributed by atoms with E-state index in [-0.39, 0.29) is 16.6 Å². The Labute approximate surface area is 119 Å². The van der Waals surface area contributed by atoms with E-state index in [1.54, 1.807) is 26.2 Å². The topological polar surface area (TPSA) is 63.7 Å². The SMILES string of the molecule is CCC(=O)c1cccc(S(=O)(=O)N2CC(COC)C2)c1. The highest BCUT2D eigenvalue weighted by molar-refractivity contribution is 7.89. The van der Waals surface area contributed by atoms with Crippen molar-refractivity contribution in [2.75, 3.05) is 26.8 Å². The summed E-state index contributed by atoms with van der Waals surface area (Å²) in [7, 11) is -1.88. The summed E-state index contributed by atoms with van der Waals surface area (Å²) in [5.74, 6) is 0.207. The number of ketones is 1. The zero-order chi connectivity index (χ0) is 14.8. The van der Waals surface area contributed by atoms with Crippen molar-refractivity contribution in [1.29, 1.82) is 0 Å². The van der Waals surface area contributed by atoms with Crippen LogP contribution in [0.25, 0.3) is 0 Å². The molecule has 6 heteroatoms. The second-order valence-corrected chi connectivity index (χ2v) is 6.89. The summed E-state index contributed by atoms with van der Waals surface area (Å²) >= 11 is 0. The number of hydrogen-bond donors (Lipinski definition) is 0. The molecule has 1 aromatic carbocycles. The monoisotopic (exact) mass is 297 g/mol. The highest BCUT2D eigenvalue weighted by atomic mass is 32.2. The van der Waals surface area contributed by atoms with E-state index in [1.807, 2.05) is 0 Å². The van der Waals surface area contributed by atoms with Gasteiger partial charge < -0.3 is 4.74 Å². The van der Waals surface area contributed by atoms with Gasteiger partial charge >= 0.3 is 0 Å². The number of rotatable bonds is 6. The number of benzene rings is 1. The van der Waals surface area contributed by atoms with Gasteiger partial charge in [-0.2, -0.15) is 4.31 Å². The van der Waals surface area contributed by atoms with Crippen LogP contribution in [0.5, 0.6) is 0 Å². The van der Waals surface area contributed by atoms with Crippen molar-refractivity contribution in [1.82, 2.24) is 4.31 Å². The first-order valence-corrected chi connectivity index (χ1v) is 8.05. The van der Waals surface area contributed by atoms with Crippen LogP contribution in [0.15, 0.2) is 29.2 Å². The van der Waals surface area contributed by atoms with Gasteiger partial charge in [-0.05, 0) is 12.1 Å². The Morgan fingerprint density at radius 2 is 2.10 bits per heavy atom. The number of sulfonamides is 1. The number of carbonyl (C=O) groups excluding carboxylic acids is 1. The molecule has 0 aromatic heterocycles. The number of ether oxygens (including phenoxy) is 1. The van der Waals surface area contributed by atoms with Crippen LogP contribution >= 0.6 is 0 Å². The van der Waals surface area contributed by atoms with Gasteiger partial charge in [0.2, 0.25) is 10.0 Å². The molecule has 0 spiro atoms. The summed E-state index contributed by atoms with van der Waals surface area (Å²) in [6, 6.07) is 6.26. The summed E-state index contributed by atoms with van der Waals surface area (Å²) in [5, 5.41) is 0. The second-order valence-electron chi connectivity index (χ2n) is 4.95. The summed E-state index contributed by atoms with van der Waals surface area (Å²) in [4.78, 5) is 11.8. The van der Waals surface area contributed by atoms with Gasteiger partial charge in [0.1, 0.15) is 0 Å². The molecule has 1 fully saturated rings. The zero-order valence-electron chi connectivity index (χ0n) is 11.7. The molecule has 1 aliphatic rings. The predicted molar refractivity (Wildman–Crippen MR) is 75.2 cm³/mol. The molecule has 0 unspecified atom stereocenters.